The number of carboxylic acid groups (broad SMARTS) is 1. The van der Waals surface area contributed by atoms with Crippen LogP contribution in [-0.4, -0.2) is 11.2 Å². The lowest BCUT2D eigenvalue weighted by atomic mass is 9.79. The molecular weight excluding hydrogens is 226 g/mol. The number of hydrogen-bond donors (Lipinski definition) is 2. The van der Waals surface area contributed by atoms with Gasteiger partial charge in [-0.3, -0.25) is 0 Å². The zero-order valence-electron chi connectivity index (χ0n) is 10.4. The van der Waals surface area contributed by atoms with Gasteiger partial charge in [0.15, 0.2) is 0 Å². The molecule has 2 N–H and O–H groups in total. The fourth-order valence-corrected chi connectivity index (χ4v) is 3.14. The molecule has 2 rings (SSSR count). The van der Waals surface area contributed by atoms with Gasteiger partial charge in [-0.25, -0.2) is 4.79 Å². The molecule has 1 aliphatic carbocycles. The first kappa shape index (κ1) is 12.7. The fraction of sp³-hybridized carbons (Fsp3) is 0.400. The Morgan fingerprint density at radius 1 is 1.50 bits per heavy atom. The Morgan fingerprint density at radius 3 is 2.83 bits per heavy atom. The Morgan fingerprint density at radius 2 is 2.22 bits per heavy atom. The van der Waals surface area contributed by atoms with Crippen molar-refractivity contribution in [1.82, 2.24) is 5.32 Å². The molecule has 0 bridgehead atoms. The van der Waals surface area contributed by atoms with E-state index in [2.05, 4.69) is 11.9 Å². The van der Waals surface area contributed by atoms with Crippen molar-refractivity contribution >= 4 is 6.09 Å². The Hall–Kier alpha value is -1.77. The highest BCUT2D eigenvalue weighted by molar-refractivity contribution is 5.66. The standard InChI is InChI=1S/C15H19NO2/c1-2-7-12-10-6-11-15(12,16-14(17)18)13-8-4-3-5-9-13/h2-5,8-9,12,16H,1,6-7,10-11H2,(H,17,18). The van der Waals surface area contributed by atoms with Gasteiger partial charge in [0.1, 0.15) is 0 Å². The molecule has 1 aliphatic rings. The molecule has 1 aromatic carbocycles. The van der Waals surface area contributed by atoms with Crippen LogP contribution in [0, 0.1) is 5.92 Å². The third-order valence-corrected chi connectivity index (χ3v) is 3.89. The second-order valence-electron chi connectivity index (χ2n) is 4.88. The lowest BCUT2D eigenvalue weighted by Crippen LogP contribution is -2.47. The van der Waals surface area contributed by atoms with E-state index in [-0.39, 0.29) is 0 Å². The normalized spacial score (nSPS) is 26.8. The first-order valence-electron chi connectivity index (χ1n) is 6.36. The minimum Gasteiger partial charge on any atom is -0.465 e. The van der Waals surface area contributed by atoms with Gasteiger partial charge < -0.3 is 10.4 Å². The Labute approximate surface area is 108 Å². The molecule has 3 heteroatoms. The van der Waals surface area contributed by atoms with Gasteiger partial charge in [0.25, 0.3) is 0 Å². The van der Waals surface area contributed by atoms with E-state index in [1.54, 1.807) is 0 Å². The third-order valence-electron chi connectivity index (χ3n) is 3.89. The highest BCUT2D eigenvalue weighted by atomic mass is 16.4. The highest BCUT2D eigenvalue weighted by Gasteiger charge is 2.44. The predicted octanol–water partition coefficient (Wildman–Crippen LogP) is 3.53. The molecule has 0 spiro atoms. The second kappa shape index (κ2) is 5.25. The smallest absolute Gasteiger partial charge is 0.405 e. The molecule has 0 aromatic heterocycles. The molecule has 0 saturated heterocycles. The number of carbonyl (C=O) groups is 1. The Bertz CT molecular complexity index is 429. The van der Waals surface area contributed by atoms with Crippen LogP contribution in [0.1, 0.15) is 31.2 Å². The average Bonchev–Trinajstić information content (AvgIpc) is 2.74. The average molecular weight is 245 g/mol. The van der Waals surface area contributed by atoms with Gasteiger partial charge >= 0.3 is 6.09 Å². The van der Waals surface area contributed by atoms with Gasteiger partial charge in [0.05, 0.1) is 5.54 Å². The molecule has 1 saturated carbocycles. The van der Waals surface area contributed by atoms with Crippen molar-refractivity contribution in [2.45, 2.75) is 31.2 Å². The summed E-state index contributed by atoms with van der Waals surface area (Å²) in [6.07, 6.45) is 4.73. The fourth-order valence-electron chi connectivity index (χ4n) is 3.14. The summed E-state index contributed by atoms with van der Waals surface area (Å²) in [5.74, 6) is 0.300. The van der Waals surface area contributed by atoms with Gasteiger partial charge in [-0.2, -0.15) is 0 Å². The maximum atomic E-state index is 11.1. The van der Waals surface area contributed by atoms with Gasteiger partial charge in [-0.15, -0.1) is 6.58 Å². The molecule has 0 heterocycles. The van der Waals surface area contributed by atoms with E-state index in [1.165, 1.54) is 0 Å². The minimum absolute atomic E-state index is 0.300. The van der Waals surface area contributed by atoms with Gasteiger partial charge in [-0.05, 0) is 30.7 Å². The number of amides is 1. The zero-order valence-corrected chi connectivity index (χ0v) is 10.4. The topological polar surface area (TPSA) is 49.3 Å². The van der Waals surface area contributed by atoms with E-state index in [9.17, 15) is 4.79 Å². The van der Waals surface area contributed by atoms with Crippen LogP contribution in [0.2, 0.25) is 0 Å². The van der Waals surface area contributed by atoms with Crippen LogP contribution in [0.15, 0.2) is 43.0 Å². The lowest BCUT2D eigenvalue weighted by Gasteiger charge is -2.35. The quantitative estimate of drug-likeness (QED) is 0.797. The number of nitrogens with one attached hydrogen (secondary N) is 1. The van der Waals surface area contributed by atoms with Crippen molar-refractivity contribution in [2.75, 3.05) is 0 Å². The number of hydrogen-bond acceptors (Lipinski definition) is 1. The van der Waals surface area contributed by atoms with E-state index < -0.39 is 11.6 Å². The zero-order chi connectivity index (χ0) is 13.0. The molecular formula is C15H19NO2. The van der Waals surface area contributed by atoms with Crippen molar-refractivity contribution in [3.05, 3.63) is 48.6 Å². The molecule has 1 amide bonds. The van der Waals surface area contributed by atoms with Crippen molar-refractivity contribution in [2.24, 2.45) is 5.92 Å². The molecule has 0 aliphatic heterocycles. The van der Waals surface area contributed by atoms with Crippen LogP contribution in [0.5, 0.6) is 0 Å². The second-order valence-corrected chi connectivity index (χ2v) is 4.88. The first-order chi connectivity index (χ1) is 8.69. The summed E-state index contributed by atoms with van der Waals surface area (Å²) in [7, 11) is 0. The van der Waals surface area contributed by atoms with E-state index in [0.717, 1.165) is 31.2 Å². The van der Waals surface area contributed by atoms with E-state index >= 15 is 0 Å². The maximum absolute atomic E-state index is 11.1. The highest BCUT2D eigenvalue weighted by Crippen LogP contribution is 2.45. The largest absolute Gasteiger partial charge is 0.465 e. The summed E-state index contributed by atoms with van der Waals surface area (Å²) >= 11 is 0. The SMILES string of the molecule is C=CCC1CCCC1(NC(=O)O)c1ccccc1. The van der Waals surface area contributed by atoms with Crippen molar-refractivity contribution in [3.63, 3.8) is 0 Å². The van der Waals surface area contributed by atoms with E-state index in [0.29, 0.717) is 5.92 Å². The summed E-state index contributed by atoms with van der Waals surface area (Å²) in [4.78, 5) is 11.1. The predicted molar refractivity (Wildman–Crippen MR) is 71.4 cm³/mol. The molecule has 96 valence electrons. The van der Waals surface area contributed by atoms with Gasteiger partial charge in [0, 0.05) is 0 Å². The molecule has 3 nitrogen and oxygen atoms in total. The third kappa shape index (κ3) is 2.26. The lowest BCUT2D eigenvalue weighted by molar-refractivity contribution is 0.164. The Kier molecular flexibility index (Phi) is 3.70. The first-order valence-corrected chi connectivity index (χ1v) is 6.36. The van der Waals surface area contributed by atoms with Crippen LogP contribution in [0.4, 0.5) is 4.79 Å². The Balaban J connectivity index is 2.39. The van der Waals surface area contributed by atoms with Crippen molar-refractivity contribution < 1.29 is 9.90 Å². The van der Waals surface area contributed by atoms with Crippen LogP contribution >= 0.6 is 0 Å². The van der Waals surface area contributed by atoms with E-state index in [4.69, 9.17) is 5.11 Å². The van der Waals surface area contributed by atoms with E-state index in [1.807, 2.05) is 36.4 Å². The molecule has 0 radical (unpaired) electrons. The number of rotatable bonds is 4. The molecule has 1 fully saturated rings. The van der Waals surface area contributed by atoms with Crippen LogP contribution < -0.4 is 5.32 Å². The summed E-state index contributed by atoms with van der Waals surface area (Å²) in [6.45, 7) is 3.79. The van der Waals surface area contributed by atoms with Crippen molar-refractivity contribution in [3.8, 4) is 0 Å². The minimum atomic E-state index is -0.949. The van der Waals surface area contributed by atoms with Crippen molar-refractivity contribution in [1.29, 1.82) is 0 Å². The number of allylic oxidation sites excluding steroid dienone is 1. The van der Waals surface area contributed by atoms with Gasteiger partial charge in [-0.1, -0.05) is 42.8 Å². The molecule has 18 heavy (non-hydrogen) atoms. The summed E-state index contributed by atoms with van der Waals surface area (Å²) in [5.41, 5.74) is 0.623. The number of benzene rings is 1. The summed E-state index contributed by atoms with van der Waals surface area (Å²) < 4.78 is 0. The van der Waals surface area contributed by atoms with Gasteiger partial charge in [0.2, 0.25) is 0 Å². The molecule has 2 atom stereocenters. The van der Waals surface area contributed by atoms with Crippen LogP contribution in [-0.2, 0) is 5.54 Å². The molecule has 1 aromatic rings. The maximum Gasteiger partial charge on any atom is 0.405 e. The summed E-state index contributed by atoms with van der Waals surface area (Å²) in [6, 6.07) is 9.90. The monoisotopic (exact) mass is 245 g/mol. The molecule has 2 unspecified atom stereocenters. The summed E-state index contributed by atoms with van der Waals surface area (Å²) in [5, 5.41) is 11.9. The van der Waals surface area contributed by atoms with Crippen LogP contribution in [0.25, 0.3) is 0 Å². The van der Waals surface area contributed by atoms with Crippen LogP contribution in [0.3, 0.4) is 0 Å².